The van der Waals surface area contributed by atoms with Gasteiger partial charge in [-0.2, -0.15) is 10.5 Å². The molecule has 9 aromatic carbocycles. The van der Waals surface area contributed by atoms with Gasteiger partial charge in [-0.15, -0.1) is 0 Å². The lowest BCUT2D eigenvalue weighted by molar-refractivity contribution is 0.673. The number of rotatable bonds is 4. The number of fused-ring (bicyclic) bond motifs is 14. The Bertz CT molecular complexity index is 3940. The molecule has 0 aliphatic heterocycles. The molecule has 286 valence electrons. The molecule has 1 aliphatic rings. The zero-order chi connectivity index (χ0) is 41.1. The lowest BCUT2D eigenvalue weighted by Crippen LogP contribution is -2.00. The Kier molecular flexibility index (Phi) is 7.14. The van der Waals surface area contributed by atoms with E-state index in [1.807, 2.05) is 48.5 Å². The minimum absolute atomic E-state index is 0.127. The molecule has 62 heavy (non-hydrogen) atoms. The van der Waals surface area contributed by atoms with Gasteiger partial charge in [-0.3, -0.25) is 0 Å². The van der Waals surface area contributed by atoms with Crippen molar-refractivity contribution in [3.8, 4) is 45.8 Å². The Labute approximate surface area is 355 Å². The highest BCUT2D eigenvalue weighted by Gasteiger charge is 2.33. The lowest BCUT2D eigenvalue weighted by atomic mass is 9.87. The van der Waals surface area contributed by atoms with E-state index in [4.69, 9.17) is 4.42 Å². The van der Waals surface area contributed by atoms with Crippen LogP contribution in [0.15, 0.2) is 192 Å². The molecule has 0 bridgehead atoms. The van der Waals surface area contributed by atoms with Crippen molar-refractivity contribution in [2.45, 2.75) is 5.92 Å². The van der Waals surface area contributed by atoms with Crippen LogP contribution in [0.25, 0.3) is 99.2 Å². The van der Waals surface area contributed by atoms with E-state index in [-0.39, 0.29) is 5.92 Å². The van der Waals surface area contributed by atoms with Crippen LogP contribution in [0.2, 0.25) is 0 Å². The molecule has 3 heterocycles. The Hall–Kier alpha value is -8.64. The summed E-state index contributed by atoms with van der Waals surface area (Å²) in [6, 6.07) is 70.7. The third-order valence-electron chi connectivity index (χ3n) is 13.0. The number of hydrogen-bond acceptors (Lipinski definition) is 3. The molecule has 1 unspecified atom stereocenters. The van der Waals surface area contributed by atoms with Crippen molar-refractivity contribution in [1.82, 2.24) is 9.13 Å². The molecule has 0 radical (unpaired) electrons. The molecule has 5 heteroatoms. The van der Waals surface area contributed by atoms with E-state index in [1.165, 1.54) is 44.1 Å². The van der Waals surface area contributed by atoms with Crippen LogP contribution in [0.1, 0.15) is 33.7 Å². The summed E-state index contributed by atoms with van der Waals surface area (Å²) in [6.07, 6.45) is 0. The van der Waals surface area contributed by atoms with Crippen LogP contribution in [0.4, 0.5) is 0 Å². The van der Waals surface area contributed by atoms with Crippen LogP contribution >= 0.6 is 0 Å². The second kappa shape index (κ2) is 12.9. The van der Waals surface area contributed by atoms with Gasteiger partial charge in [0.05, 0.1) is 50.7 Å². The fraction of sp³-hybridized carbons (Fsp3) is 0.0175. The summed E-state index contributed by atoms with van der Waals surface area (Å²) in [5.74, 6) is 0.127. The second-order valence-corrected chi connectivity index (χ2v) is 16.2. The van der Waals surface area contributed by atoms with Crippen LogP contribution in [0.3, 0.4) is 0 Å². The monoisotopic (exact) mass is 788 g/mol. The van der Waals surface area contributed by atoms with Crippen LogP contribution < -0.4 is 0 Å². The summed E-state index contributed by atoms with van der Waals surface area (Å²) < 4.78 is 11.1. The number of nitrogens with zero attached hydrogens (tertiary/aromatic N) is 4. The first-order valence-corrected chi connectivity index (χ1v) is 20.8. The maximum atomic E-state index is 10.4. The first-order chi connectivity index (χ1) is 30.7. The average molecular weight is 789 g/mol. The third-order valence-corrected chi connectivity index (χ3v) is 13.0. The summed E-state index contributed by atoms with van der Waals surface area (Å²) in [5, 5.41) is 26.8. The smallest absolute Gasteiger partial charge is 0.145 e. The molecule has 0 saturated heterocycles. The van der Waals surface area contributed by atoms with Crippen LogP contribution in [0, 0.1) is 22.7 Å². The van der Waals surface area contributed by atoms with Crippen LogP contribution in [0.5, 0.6) is 0 Å². The number of para-hydroxylation sites is 2. The standard InChI is InChI=1S/C57H32N4O/c58-32-34-18-25-49-47(30-34)55-51(27-24-45-42-13-7-9-17-52(42)62-57(45)55)61(49)40-29-35(33-59)28-38(31-40)36-19-21-39(22-20-36)60-48-16-8-6-15-46(48)54-50(60)26-23-44-41-12-4-5-14-43(41)53(56(44)54)37-10-2-1-3-11-37/h1-31,53H. The predicted molar refractivity (Wildman–Crippen MR) is 250 cm³/mol. The highest BCUT2D eigenvalue weighted by molar-refractivity contribution is 6.24. The second-order valence-electron chi connectivity index (χ2n) is 16.2. The topological polar surface area (TPSA) is 70.6 Å². The Balaban J connectivity index is 0.975. The van der Waals surface area contributed by atoms with Crippen molar-refractivity contribution in [2.75, 3.05) is 0 Å². The molecule has 3 aromatic heterocycles. The number of furan rings is 1. The van der Waals surface area contributed by atoms with Gasteiger partial charge in [0.15, 0.2) is 0 Å². The van der Waals surface area contributed by atoms with Gasteiger partial charge >= 0.3 is 0 Å². The summed E-state index contributed by atoms with van der Waals surface area (Å²) in [4.78, 5) is 0. The number of aromatic nitrogens is 2. The van der Waals surface area contributed by atoms with Gasteiger partial charge in [0.2, 0.25) is 0 Å². The maximum absolute atomic E-state index is 10.4. The van der Waals surface area contributed by atoms with Gasteiger partial charge < -0.3 is 13.6 Å². The molecule has 12 aromatic rings. The zero-order valence-corrected chi connectivity index (χ0v) is 33.2. The Morgan fingerprint density at radius 2 is 1.13 bits per heavy atom. The Morgan fingerprint density at radius 3 is 1.98 bits per heavy atom. The van der Waals surface area contributed by atoms with Gasteiger partial charge in [-0.1, -0.05) is 109 Å². The molecule has 0 amide bonds. The molecule has 0 saturated carbocycles. The van der Waals surface area contributed by atoms with Gasteiger partial charge in [0, 0.05) is 44.2 Å². The van der Waals surface area contributed by atoms with Crippen molar-refractivity contribution in [3.63, 3.8) is 0 Å². The predicted octanol–water partition coefficient (Wildman–Crippen LogP) is 14.4. The van der Waals surface area contributed by atoms with E-state index in [2.05, 4.69) is 161 Å². The zero-order valence-electron chi connectivity index (χ0n) is 33.2. The molecular weight excluding hydrogens is 757 g/mol. The summed E-state index contributed by atoms with van der Waals surface area (Å²) >= 11 is 0. The minimum Gasteiger partial charge on any atom is -0.455 e. The van der Waals surface area contributed by atoms with E-state index in [1.54, 1.807) is 0 Å². The first-order valence-electron chi connectivity index (χ1n) is 20.8. The van der Waals surface area contributed by atoms with Crippen molar-refractivity contribution in [1.29, 1.82) is 10.5 Å². The van der Waals surface area contributed by atoms with Crippen molar-refractivity contribution in [2.24, 2.45) is 0 Å². The number of hydrogen-bond donors (Lipinski definition) is 0. The van der Waals surface area contributed by atoms with Crippen molar-refractivity contribution in [3.05, 3.63) is 216 Å². The fourth-order valence-corrected chi connectivity index (χ4v) is 10.4. The maximum Gasteiger partial charge on any atom is 0.145 e. The Morgan fingerprint density at radius 1 is 0.435 bits per heavy atom. The summed E-state index contributed by atoms with van der Waals surface area (Å²) in [7, 11) is 0. The van der Waals surface area contributed by atoms with Gasteiger partial charge in [-0.25, -0.2) is 0 Å². The molecule has 1 atom stereocenters. The molecule has 0 fully saturated rings. The fourth-order valence-electron chi connectivity index (χ4n) is 10.4. The molecule has 1 aliphatic carbocycles. The number of benzene rings is 9. The van der Waals surface area contributed by atoms with E-state index in [0.717, 1.165) is 71.8 Å². The first kappa shape index (κ1) is 34.2. The highest BCUT2D eigenvalue weighted by Crippen LogP contribution is 2.53. The SMILES string of the molecule is N#Cc1cc(-c2ccc(-n3c4ccccc4c4c5c(ccc43)-c3ccccc3C5c3ccccc3)cc2)cc(-n2c3ccc(C#N)cc3c3c4oc5ccccc5c4ccc32)c1. The largest absolute Gasteiger partial charge is 0.455 e. The third kappa shape index (κ3) is 4.76. The molecular formula is C57H32N4O. The van der Waals surface area contributed by atoms with Crippen LogP contribution in [-0.2, 0) is 0 Å². The van der Waals surface area contributed by atoms with Gasteiger partial charge in [-0.05, 0) is 118 Å². The normalized spacial score (nSPS) is 13.3. The van der Waals surface area contributed by atoms with E-state index in [0.29, 0.717) is 11.1 Å². The van der Waals surface area contributed by atoms with Gasteiger partial charge in [0.25, 0.3) is 0 Å². The van der Waals surface area contributed by atoms with Crippen LogP contribution in [-0.4, -0.2) is 9.13 Å². The van der Waals surface area contributed by atoms with Crippen molar-refractivity contribution >= 4 is 65.6 Å². The highest BCUT2D eigenvalue weighted by atomic mass is 16.3. The van der Waals surface area contributed by atoms with Gasteiger partial charge in [0.1, 0.15) is 11.2 Å². The molecule has 0 N–H and O–H groups in total. The molecule has 5 nitrogen and oxygen atoms in total. The van der Waals surface area contributed by atoms with E-state index >= 15 is 0 Å². The lowest BCUT2D eigenvalue weighted by Gasteiger charge is -2.16. The van der Waals surface area contributed by atoms with Crippen molar-refractivity contribution < 1.29 is 4.42 Å². The number of nitriles is 2. The quantitative estimate of drug-likeness (QED) is 0.178. The summed E-state index contributed by atoms with van der Waals surface area (Å²) in [6.45, 7) is 0. The molecule has 13 rings (SSSR count). The van der Waals surface area contributed by atoms with E-state index < -0.39 is 0 Å². The van der Waals surface area contributed by atoms with E-state index in [9.17, 15) is 10.5 Å². The molecule has 0 spiro atoms. The minimum atomic E-state index is 0.127. The summed E-state index contributed by atoms with van der Waals surface area (Å²) in [5.41, 5.74) is 17.4. The average Bonchev–Trinajstić information content (AvgIpc) is 4.07.